The van der Waals surface area contributed by atoms with Crippen LogP contribution in [0.2, 0.25) is 0 Å². The second-order valence-electron chi connectivity index (χ2n) is 4.73. The van der Waals surface area contributed by atoms with E-state index >= 15 is 0 Å². The van der Waals surface area contributed by atoms with E-state index in [1.54, 1.807) is 43.5 Å². The van der Waals surface area contributed by atoms with Gasteiger partial charge < -0.3 is 9.47 Å². The predicted molar refractivity (Wildman–Crippen MR) is 91.3 cm³/mol. The van der Waals surface area contributed by atoms with Gasteiger partial charge in [0.05, 0.1) is 6.61 Å². The van der Waals surface area contributed by atoms with Crippen LogP contribution in [-0.2, 0) is 4.74 Å². The molecule has 0 heterocycles. The topological polar surface area (TPSA) is 35.5 Å². The smallest absolute Gasteiger partial charge is 0.185 e. The second kappa shape index (κ2) is 8.60. The first-order valence-electron chi connectivity index (χ1n) is 6.99. The molecule has 2 aromatic rings. The first-order chi connectivity index (χ1) is 11.1. The van der Waals surface area contributed by atoms with E-state index in [1.165, 1.54) is 18.2 Å². The molecule has 0 aliphatic carbocycles. The number of ketones is 1. The lowest BCUT2D eigenvalue weighted by atomic mass is 10.1. The summed E-state index contributed by atoms with van der Waals surface area (Å²) >= 11 is 3.27. The van der Waals surface area contributed by atoms with E-state index in [9.17, 15) is 9.18 Å². The van der Waals surface area contributed by atoms with Crippen molar-refractivity contribution in [1.82, 2.24) is 0 Å². The molecule has 0 spiro atoms. The summed E-state index contributed by atoms with van der Waals surface area (Å²) in [5, 5.41) is 0. The number of ether oxygens (including phenoxy) is 2. The minimum Gasteiger partial charge on any atom is -0.491 e. The molecular weight excluding hydrogens is 363 g/mol. The van der Waals surface area contributed by atoms with Crippen LogP contribution in [0.15, 0.2) is 53.0 Å². The van der Waals surface area contributed by atoms with Crippen LogP contribution < -0.4 is 4.74 Å². The molecule has 0 atom stereocenters. The van der Waals surface area contributed by atoms with E-state index in [1.807, 2.05) is 0 Å². The SMILES string of the molecule is COCCOc1ccc(C(=O)/C=C/c2cc(Br)ccc2F)cc1. The highest BCUT2D eigenvalue weighted by Gasteiger charge is 2.04. The molecule has 120 valence electrons. The van der Waals surface area contributed by atoms with E-state index in [4.69, 9.17) is 9.47 Å². The molecule has 0 radical (unpaired) electrons. The molecule has 0 saturated heterocycles. The first-order valence-corrected chi connectivity index (χ1v) is 7.78. The number of carbonyl (C=O) groups excluding carboxylic acids is 1. The fourth-order valence-electron chi connectivity index (χ4n) is 1.86. The average Bonchev–Trinajstić information content (AvgIpc) is 2.56. The van der Waals surface area contributed by atoms with Crippen LogP contribution in [0.5, 0.6) is 5.75 Å². The summed E-state index contributed by atoms with van der Waals surface area (Å²) in [6.07, 6.45) is 2.82. The number of hydrogen-bond donors (Lipinski definition) is 0. The summed E-state index contributed by atoms with van der Waals surface area (Å²) in [4.78, 5) is 12.1. The Labute approximate surface area is 142 Å². The molecule has 0 aromatic heterocycles. The van der Waals surface area contributed by atoms with Crippen LogP contribution in [0.4, 0.5) is 4.39 Å². The molecule has 3 nitrogen and oxygen atoms in total. The number of carbonyl (C=O) groups is 1. The van der Waals surface area contributed by atoms with Gasteiger partial charge in [-0.25, -0.2) is 4.39 Å². The Bertz CT molecular complexity index is 696. The lowest BCUT2D eigenvalue weighted by molar-refractivity contribution is 0.104. The molecule has 0 bridgehead atoms. The zero-order valence-electron chi connectivity index (χ0n) is 12.6. The van der Waals surface area contributed by atoms with Crippen molar-refractivity contribution in [2.75, 3.05) is 20.3 Å². The van der Waals surface area contributed by atoms with Crippen LogP contribution in [0.1, 0.15) is 15.9 Å². The Hall–Kier alpha value is -1.98. The van der Waals surface area contributed by atoms with Gasteiger partial charge in [0.15, 0.2) is 5.78 Å². The normalized spacial score (nSPS) is 10.9. The lowest BCUT2D eigenvalue weighted by Gasteiger charge is -2.05. The van der Waals surface area contributed by atoms with Gasteiger partial charge in [-0.15, -0.1) is 0 Å². The summed E-state index contributed by atoms with van der Waals surface area (Å²) in [5.41, 5.74) is 0.864. The Morgan fingerprint density at radius 2 is 1.91 bits per heavy atom. The van der Waals surface area contributed by atoms with Crippen LogP contribution in [0.25, 0.3) is 6.08 Å². The number of halogens is 2. The number of hydrogen-bond acceptors (Lipinski definition) is 3. The highest BCUT2D eigenvalue weighted by atomic mass is 79.9. The quantitative estimate of drug-likeness (QED) is 0.404. The van der Waals surface area contributed by atoms with Gasteiger partial charge in [0.1, 0.15) is 18.2 Å². The fourth-order valence-corrected chi connectivity index (χ4v) is 2.24. The van der Waals surface area contributed by atoms with E-state index in [0.717, 1.165) is 4.47 Å². The summed E-state index contributed by atoms with van der Waals surface area (Å²) in [5.74, 6) is 0.0903. The van der Waals surface area contributed by atoms with Crippen molar-refractivity contribution in [2.24, 2.45) is 0 Å². The minimum atomic E-state index is -0.376. The van der Waals surface area contributed by atoms with Gasteiger partial charge in [-0.3, -0.25) is 4.79 Å². The van der Waals surface area contributed by atoms with Crippen LogP contribution >= 0.6 is 15.9 Å². The van der Waals surface area contributed by atoms with Gasteiger partial charge in [0.2, 0.25) is 0 Å². The summed E-state index contributed by atoms with van der Waals surface area (Å²) < 4.78 is 24.7. The van der Waals surface area contributed by atoms with Crippen LogP contribution in [0.3, 0.4) is 0 Å². The molecule has 0 N–H and O–H groups in total. The molecule has 0 saturated carbocycles. The highest BCUT2D eigenvalue weighted by Crippen LogP contribution is 2.18. The van der Waals surface area contributed by atoms with Crippen molar-refractivity contribution in [1.29, 1.82) is 0 Å². The Kier molecular flexibility index (Phi) is 6.50. The number of benzene rings is 2. The molecule has 2 aromatic carbocycles. The third-order valence-electron chi connectivity index (χ3n) is 3.07. The molecule has 0 unspecified atom stereocenters. The average molecular weight is 379 g/mol. The third-order valence-corrected chi connectivity index (χ3v) is 3.56. The molecular formula is C18H16BrFO3. The zero-order chi connectivity index (χ0) is 16.7. The molecule has 5 heteroatoms. The van der Waals surface area contributed by atoms with Gasteiger partial charge in [-0.05, 0) is 54.6 Å². The van der Waals surface area contributed by atoms with E-state index in [0.29, 0.717) is 30.1 Å². The van der Waals surface area contributed by atoms with Crippen molar-refractivity contribution < 1.29 is 18.7 Å². The highest BCUT2D eigenvalue weighted by molar-refractivity contribution is 9.10. The molecule has 23 heavy (non-hydrogen) atoms. The Morgan fingerprint density at radius 1 is 1.17 bits per heavy atom. The Morgan fingerprint density at radius 3 is 2.61 bits per heavy atom. The predicted octanol–water partition coefficient (Wildman–Crippen LogP) is 4.51. The number of rotatable bonds is 7. The largest absolute Gasteiger partial charge is 0.491 e. The van der Waals surface area contributed by atoms with E-state index in [-0.39, 0.29) is 11.6 Å². The van der Waals surface area contributed by atoms with Gasteiger partial charge in [-0.1, -0.05) is 15.9 Å². The minimum absolute atomic E-state index is 0.201. The van der Waals surface area contributed by atoms with Crippen molar-refractivity contribution in [2.45, 2.75) is 0 Å². The van der Waals surface area contributed by atoms with Crippen molar-refractivity contribution in [3.05, 3.63) is 70.0 Å². The third kappa shape index (κ3) is 5.30. The summed E-state index contributed by atoms with van der Waals surface area (Å²) in [7, 11) is 1.60. The molecule has 2 rings (SSSR count). The molecule has 0 aliphatic rings. The second-order valence-corrected chi connectivity index (χ2v) is 5.64. The van der Waals surface area contributed by atoms with Gasteiger partial charge in [0.25, 0.3) is 0 Å². The lowest BCUT2D eigenvalue weighted by Crippen LogP contribution is -2.04. The van der Waals surface area contributed by atoms with Crippen molar-refractivity contribution >= 4 is 27.8 Å². The van der Waals surface area contributed by atoms with Crippen LogP contribution in [0, 0.1) is 5.82 Å². The molecule has 0 amide bonds. The summed E-state index contributed by atoms with van der Waals surface area (Å²) in [6, 6.07) is 11.4. The fraction of sp³-hybridized carbons (Fsp3) is 0.167. The monoisotopic (exact) mass is 378 g/mol. The maximum atomic E-state index is 13.6. The van der Waals surface area contributed by atoms with Gasteiger partial charge in [0, 0.05) is 22.7 Å². The number of methoxy groups -OCH3 is 1. The van der Waals surface area contributed by atoms with Crippen LogP contribution in [-0.4, -0.2) is 26.1 Å². The zero-order valence-corrected chi connectivity index (χ0v) is 14.2. The number of allylic oxidation sites excluding steroid dienone is 1. The maximum Gasteiger partial charge on any atom is 0.185 e. The van der Waals surface area contributed by atoms with Gasteiger partial charge >= 0.3 is 0 Å². The summed E-state index contributed by atoms with van der Waals surface area (Å²) in [6.45, 7) is 0.952. The van der Waals surface area contributed by atoms with E-state index in [2.05, 4.69) is 15.9 Å². The van der Waals surface area contributed by atoms with Crippen molar-refractivity contribution in [3.8, 4) is 5.75 Å². The van der Waals surface area contributed by atoms with E-state index < -0.39 is 0 Å². The Balaban J connectivity index is 2.02. The molecule has 0 aliphatic heterocycles. The van der Waals surface area contributed by atoms with Crippen molar-refractivity contribution in [3.63, 3.8) is 0 Å². The maximum absolute atomic E-state index is 13.6. The standard InChI is InChI=1S/C18H16BrFO3/c1-22-10-11-23-16-6-2-13(3-7-16)18(21)9-4-14-12-15(19)5-8-17(14)20/h2-9,12H,10-11H2,1H3/b9-4+. The van der Waals surface area contributed by atoms with Gasteiger partial charge in [-0.2, -0.15) is 0 Å². The molecule has 0 fully saturated rings. The first kappa shape index (κ1) is 17.4.